The van der Waals surface area contributed by atoms with Crippen LogP contribution in [0.5, 0.6) is 0 Å². The molecule has 1 aromatic carbocycles. The monoisotopic (exact) mass is 998 g/mol. The first-order valence-electron chi connectivity index (χ1n) is 23.8. The SMILES string of the molecule is CCCNC(=O)C1=Cc2ccc(-c3cnc(CNC(=O)CCOCCOCCOCCOCCOCCOCCOCCOCCOCCOCCNC(=O)CN4C(=O)C=CC4=O)nc3)cc2N=C(N)C1. The Morgan fingerprint density at radius 2 is 1.07 bits per heavy atom. The lowest BCUT2D eigenvalue weighted by Crippen LogP contribution is -2.41. The fourth-order valence-corrected chi connectivity index (χ4v) is 6.22. The molecule has 23 heteroatoms. The van der Waals surface area contributed by atoms with Crippen LogP contribution in [0.15, 0.2) is 53.3 Å². The largest absolute Gasteiger partial charge is 0.387 e. The van der Waals surface area contributed by atoms with Gasteiger partial charge in [0.05, 0.1) is 144 Å². The third kappa shape index (κ3) is 25.4. The van der Waals surface area contributed by atoms with Gasteiger partial charge in [0.15, 0.2) is 0 Å². The standard InChI is InChI=1S/C48H70N8O15/c1-2-8-51-48(61)39-30-38-4-3-37(31-41(38)55-42(49)32-39)40-33-52-43(53-34-40)35-54-44(57)7-10-62-12-14-64-16-18-66-20-22-68-24-26-70-28-29-71-27-25-69-23-21-67-19-17-65-15-13-63-11-9-50-45(58)36-56-46(59)5-6-47(56)60/h3-6,30-31,33-34H,2,7-29,32,35-36H2,1H3,(H2,49,55)(H,50,58)(H,51,61)(H,54,57). The van der Waals surface area contributed by atoms with E-state index in [-0.39, 0.29) is 57.5 Å². The highest BCUT2D eigenvalue weighted by atomic mass is 16.6. The molecule has 4 rings (SSSR count). The van der Waals surface area contributed by atoms with E-state index in [0.29, 0.717) is 148 Å². The van der Waals surface area contributed by atoms with E-state index in [2.05, 4.69) is 30.9 Å². The van der Waals surface area contributed by atoms with Crippen LogP contribution in [0.2, 0.25) is 0 Å². The zero-order valence-electron chi connectivity index (χ0n) is 40.7. The van der Waals surface area contributed by atoms with Crippen molar-refractivity contribution in [1.29, 1.82) is 0 Å². The van der Waals surface area contributed by atoms with E-state index in [9.17, 15) is 24.0 Å². The molecule has 5 N–H and O–H groups in total. The summed E-state index contributed by atoms with van der Waals surface area (Å²) < 4.78 is 54.8. The second kappa shape index (κ2) is 36.3. The summed E-state index contributed by atoms with van der Waals surface area (Å²) in [6.07, 6.45) is 8.77. The second-order valence-electron chi connectivity index (χ2n) is 15.5. The number of amidine groups is 1. The molecule has 0 saturated heterocycles. The molecular formula is C48H70N8O15. The molecule has 0 radical (unpaired) electrons. The van der Waals surface area contributed by atoms with Crippen LogP contribution in [0.25, 0.3) is 17.2 Å². The van der Waals surface area contributed by atoms with Crippen LogP contribution in [0, 0.1) is 0 Å². The third-order valence-electron chi connectivity index (χ3n) is 9.90. The molecule has 0 atom stereocenters. The summed E-state index contributed by atoms with van der Waals surface area (Å²) in [4.78, 5) is 73.8. The maximum absolute atomic E-state index is 12.6. The van der Waals surface area contributed by atoms with Crippen LogP contribution in [-0.2, 0) is 77.9 Å². The van der Waals surface area contributed by atoms with Crippen molar-refractivity contribution in [2.24, 2.45) is 10.7 Å². The number of nitrogens with zero attached hydrogens (tertiary/aromatic N) is 4. The number of carbonyl (C=O) groups is 5. The van der Waals surface area contributed by atoms with Crippen LogP contribution >= 0.6 is 0 Å². The van der Waals surface area contributed by atoms with E-state index in [1.165, 1.54) is 0 Å². The Labute approximate surface area is 414 Å². The zero-order chi connectivity index (χ0) is 50.6. The summed E-state index contributed by atoms with van der Waals surface area (Å²) >= 11 is 0. The number of amides is 5. The van der Waals surface area contributed by atoms with E-state index in [4.69, 9.17) is 53.1 Å². The van der Waals surface area contributed by atoms with Gasteiger partial charge in [-0.15, -0.1) is 0 Å². The Balaban J connectivity index is 0.827. The van der Waals surface area contributed by atoms with Gasteiger partial charge in [-0.05, 0) is 24.1 Å². The van der Waals surface area contributed by atoms with Crippen molar-refractivity contribution in [3.63, 3.8) is 0 Å². The molecular weight excluding hydrogens is 929 g/mol. The molecule has 23 nitrogen and oxygen atoms in total. The first-order valence-corrected chi connectivity index (χ1v) is 23.8. The predicted octanol–water partition coefficient (Wildman–Crippen LogP) is 0.659. The van der Waals surface area contributed by atoms with Gasteiger partial charge in [0.2, 0.25) is 17.7 Å². The van der Waals surface area contributed by atoms with E-state index < -0.39 is 17.7 Å². The number of aliphatic imine (C=N–C) groups is 1. The summed E-state index contributed by atoms with van der Waals surface area (Å²) in [6, 6.07) is 5.70. The van der Waals surface area contributed by atoms with Crippen molar-refractivity contribution in [3.05, 3.63) is 59.7 Å². The highest BCUT2D eigenvalue weighted by molar-refractivity contribution is 6.14. The molecule has 5 amide bonds. The molecule has 2 aliphatic heterocycles. The van der Waals surface area contributed by atoms with Crippen molar-refractivity contribution >= 4 is 47.1 Å². The quantitative estimate of drug-likeness (QED) is 0.0526. The lowest BCUT2D eigenvalue weighted by Gasteiger charge is -2.13. The average molecular weight is 999 g/mol. The highest BCUT2D eigenvalue weighted by Crippen LogP contribution is 2.31. The van der Waals surface area contributed by atoms with Crippen molar-refractivity contribution < 1.29 is 71.3 Å². The van der Waals surface area contributed by atoms with Crippen LogP contribution in [0.1, 0.15) is 37.6 Å². The molecule has 0 fully saturated rings. The minimum Gasteiger partial charge on any atom is -0.387 e. The lowest BCUT2D eigenvalue weighted by molar-refractivity contribution is -0.141. The number of nitrogens with one attached hydrogen (secondary N) is 3. The summed E-state index contributed by atoms with van der Waals surface area (Å²) in [6.45, 7) is 10.8. The fraction of sp³-hybridized carbons (Fsp3) is 0.583. The number of imide groups is 1. The summed E-state index contributed by atoms with van der Waals surface area (Å²) in [5.41, 5.74) is 9.78. The Morgan fingerprint density at radius 3 is 1.56 bits per heavy atom. The molecule has 0 bridgehead atoms. The van der Waals surface area contributed by atoms with E-state index >= 15 is 0 Å². The number of ether oxygens (including phenoxy) is 10. The van der Waals surface area contributed by atoms with Crippen molar-refractivity contribution in [2.75, 3.05) is 152 Å². The van der Waals surface area contributed by atoms with Crippen LogP contribution in [-0.4, -0.2) is 202 Å². The van der Waals surface area contributed by atoms with Crippen LogP contribution in [0.4, 0.5) is 5.69 Å². The zero-order valence-corrected chi connectivity index (χ0v) is 40.7. The smallest absolute Gasteiger partial charge is 0.254 e. The number of aromatic nitrogens is 2. The average Bonchev–Trinajstić information content (AvgIpc) is 3.57. The normalized spacial score (nSPS) is 13.2. The molecule has 1 aromatic heterocycles. The number of carbonyl (C=O) groups excluding carboxylic acids is 5. The van der Waals surface area contributed by atoms with E-state index in [1.807, 2.05) is 31.2 Å². The Kier molecular flexibility index (Phi) is 29.7. The number of hydrogen-bond donors (Lipinski definition) is 4. The van der Waals surface area contributed by atoms with Gasteiger partial charge in [0.1, 0.15) is 18.2 Å². The number of fused-ring (bicyclic) bond motifs is 1. The molecule has 2 aromatic rings. The summed E-state index contributed by atoms with van der Waals surface area (Å²) in [5, 5.41) is 8.29. The van der Waals surface area contributed by atoms with Crippen LogP contribution in [0.3, 0.4) is 0 Å². The molecule has 0 spiro atoms. The minimum absolute atomic E-state index is 0.146. The summed E-state index contributed by atoms with van der Waals surface area (Å²) in [5.74, 6) is -0.929. The first-order chi connectivity index (χ1) is 34.7. The van der Waals surface area contributed by atoms with Gasteiger partial charge in [0.25, 0.3) is 11.8 Å². The molecule has 2 aliphatic rings. The lowest BCUT2D eigenvalue weighted by atomic mass is 10.0. The van der Waals surface area contributed by atoms with Crippen molar-refractivity contribution in [2.45, 2.75) is 32.7 Å². The molecule has 71 heavy (non-hydrogen) atoms. The van der Waals surface area contributed by atoms with E-state index in [0.717, 1.165) is 40.2 Å². The fourth-order valence-electron chi connectivity index (χ4n) is 6.22. The van der Waals surface area contributed by atoms with E-state index in [1.54, 1.807) is 12.4 Å². The molecule has 392 valence electrons. The van der Waals surface area contributed by atoms with Gasteiger partial charge < -0.3 is 69.1 Å². The second-order valence-corrected chi connectivity index (χ2v) is 15.5. The highest BCUT2D eigenvalue weighted by Gasteiger charge is 2.25. The Bertz CT molecular complexity index is 1990. The Morgan fingerprint density at radius 1 is 0.592 bits per heavy atom. The maximum atomic E-state index is 12.6. The number of rotatable bonds is 41. The van der Waals surface area contributed by atoms with Crippen LogP contribution < -0.4 is 21.7 Å². The van der Waals surface area contributed by atoms with Crippen molar-refractivity contribution in [1.82, 2.24) is 30.8 Å². The molecule has 0 unspecified atom stereocenters. The first kappa shape index (κ1) is 58.0. The number of nitrogens with two attached hydrogens (primary N) is 1. The molecule has 0 saturated carbocycles. The van der Waals surface area contributed by atoms with Gasteiger partial charge in [0, 0.05) is 67.2 Å². The summed E-state index contributed by atoms with van der Waals surface area (Å²) in [7, 11) is 0. The minimum atomic E-state index is -0.499. The Hall–Kier alpha value is -5.60. The van der Waals surface area contributed by atoms with Crippen molar-refractivity contribution in [3.8, 4) is 11.1 Å². The molecule has 0 aliphatic carbocycles. The van der Waals surface area contributed by atoms with Gasteiger partial charge in [-0.25, -0.2) is 15.0 Å². The number of hydrogen-bond acceptors (Lipinski definition) is 19. The van der Waals surface area contributed by atoms with Gasteiger partial charge >= 0.3 is 0 Å². The number of benzene rings is 1. The predicted molar refractivity (Wildman–Crippen MR) is 258 cm³/mol. The topological polar surface area (TPSA) is 281 Å². The molecule has 3 heterocycles. The maximum Gasteiger partial charge on any atom is 0.254 e. The van der Waals surface area contributed by atoms with Gasteiger partial charge in [-0.1, -0.05) is 19.1 Å². The third-order valence-corrected chi connectivity index (χ3v) is 9.90. The van der Waals surface area contributed by atoms with Gasteiger partial charge in [-0.2, -0.15) is 0 Å². The van der Waals surface area contributed by atoms with Gasteiger partial charge in [-0.3, -0.25) is 28.9 Å².